The third-order valence-electron chi connectivity index (χ3n) is 4.57. The predicted octanol–water partition coefficient (Wildman–Crippen LogP) is 3.74. The molecular weight excluding hydrogens is 374 g/mol. The van der Waals surface area contributed by atoms with Crippen molar-refractivity contribution in [3.8, 4) is 11.5 Å². The maximum absolute atomic E-state index is 13.2. The SMILES string of the molecule is Cc1ccc(-c2nnc(S[C@@H](C(=O)N3CCOCC3)c3ccccc3)o2)cc1. The molecule has 1 fully saturated rings. The molecule has 4 rings (SSSR count). The molecule has 1 aliphatic heterocycles. The molecule has 1 atom stereocenters. The zero-order valence-electron chi connectivity index (χ0n) is 15.6. The molecule has 144 valence electrons. The van der Waals surface area contributed by atoms with Crippen LogP contribution in [0.15, 0.2) is 64.2 Å². The van der Waals surface area contributed by atoms with E-state index < -0.39 is 5.25 Å². The molecule has 0 N–H and O–H groups in total. The second kappa shape index (κ2) is 8.58. The lowest BCUT2D eigenvalue weighted by atomic mass is 10.1. The van der Waals surface area contributed by atoms with Gasteiger partial charge in [0.25, 0.3) is 5.22 Å². The largest absolute Gasteiger partial charge is 0.411 e. The van der Waals surface area contributed by atoms with Crippen LogP contribution in [0.3, 0.4) is 0 Å². The molecular formula is C21H21N3O3S. The van der Waals surface area contributed by atoms with Gasteiger partial charge in [0, 0.05) is 18.7 Å². The monoisotopic (exact) mass is 395 g/mol. The Hall–Kier alpha value is -2.64. The Morgan fingerprint density at radius 2 is 1.75 bits per heavy atom. The lowest BCUT2D eigenvalue weighted by Crippen LogP contribution is -2.42. The first-order valence-electron chi connectivity index (χ1n) is 9.19. The van der Waals surface area contributed by atoms with Gasteiger partial charge in [0.05, 0.1) is 13.2 Å². The van der Waals surface area contributed by atoms with E-state index in [1.54, 1.807) is 0 Å². The summed E-state index contributed by atoms with van der Waals surface area (Å²) in [4.78, 5) is 15.0. The number of nitrogens with zero attached hydrogens (tertiary/aromatic N) is 3. The van der Waals surface area contributed by atoms with Gasteiger partial charge in [-0.25, -0.2) is 0 Å². The summed E-state index contributed by atoms with van der Waals surface area (Å²) < 4.78 is 11.2. The Morgan fingerprint density at radius 3 is 2.46 bits per heavy atom. The molecule has 0 saturated carbocycles. The number of benzene rings is 2. The number of carbonyl (C=O) groups is 1. The molecule has 2 heterocycles. The van der Waals surface area contributed by atoms with E-state index in [0.717, 1.165) is 16.7 Å². The third kappa shape index (κ3) is 4.26. The van der Waals surface area contributed by atoms with Crippen LogP contribution in [0, 0.1) is 6.92 Å². The number of aryl methyl sites for hydroxylation is 1. The van der Waals surface area contributed by atoms with Crippen molar-refractivity contribution in [1.82, 2.24) is 15.1 Å². The second-order valence-corrected chi connectivity index (χ2v) is 7.64. The molecule has 0 radical (unpaired) electrons. The fourth-order valence-corrected chi connectivity index (χ4v) is 3.97. The average molecular weight is 395 g/mol. The number of ether oxygens (including phenoxy) is 1. The van der Waals surface area contributed by atoms with E-state index in [1.807, 2.05) is 66.4 Å². The molecule has 0 bridgehead atoms. The van der Waals surface area contributed by atoms with Crippen LogP contribution in [-0.2, 0) is 9.53 Å². The van der Waals surface area contributed by atoms with Crippen molar-refractivity contribution in [1.29, 1.82) is 0 Å². The molecule has 1 saturated heterocycles. The molecule has 1 aliphatic rings. The zero-order chi connectivity index (χ0) is 19.3. The summed E-state index contributed by atoms with van der Waals surface area (Å²) in [7, 11) is 0. The van der Waals surface area contributed by atoms with Crippen molar-refractivity contribution in [2.75, 3.05) is 26.3 Å². The molecule has 2 aromatic carbocycles. The average Bonchev–Trinajstić information content (AvgIpc) is 3.22. The van der Waals surface area contributed by atoms with Crippen molar-refractivity contribution in [2.24, 2.45) is 0 Å². The van der Waals surface area contributed by atoms with Gasteiger partial charge in [-0.1, -0.05) is 48.0 Å². The summed E-state index contributed by atoms with van der Waals surface area (Å²) in [5, 5.41) is 8.25. The zero-order valence-corrected chi connectivity index (χ0v) is 16.4. The molecule has 7 heteroatoms. The molecule has 28 heavy (non-hydrogen) atoms. The van der Waals surface area contributed by atoms with Gasteiger partial charge in [0.2, 0.25) is 11.8 Å². The summed E-state index contributed by atoms with van der Waals surface area (Å²) in [6.45, 7) is 4.36. The third-order valence-corrected chi connectivity index (χ3v) is 5.65. The van der Waals surface area contributed by atoms with E-state index in [1.165, 1.54) is 11.8 Å². The molecule has 0 spiro atoms. The molecule has 1 aromatic heterocycles. The quantitative estimate of drug-likeness (QED) is 0.613. The molecule has 0 unspecified atom stereocenters. The predicted molar refractivity (Wildman–Crippen MR) is 107 cm³/mol. The van der Waals surface area contributed by atoms with E-state index in [2.05, 4.69) is 10.2 Å². The van der Waals surface area contributed by atoms with Crippen molar-refractivity contribution in [2.45, 2.75) is 17.4 Å². The van der Waals surface area contributed by atoms with Crippen LogP contribution in [0.5, 0.6) is 0 Å². The van der Waals surface area contributed by atoms with E-state index in [-0.39, 0.29) is 5.91 Å². The Bertz CT molecular complexity index is 922. The smallest absolute Gasteiger partial charge is 0.277 e. The van der Waals surface area contributed by atoms with Gasteiger partial charge in [0.15, 0.2) is 0 Å². The van der Waals surface area contributed by atoms with Gasteiger partial charge in [-0.3, -0.25) is 4.79 Å². The fourth-order valence-electron chi connectivity index (χ4n) is 3.01. The van der Waals surface area contributed by atoms with Crippen LogP contribution >= 0.6 is 11.8 Å². The summed E-state index contributed by atoms with van der Waals surface area (Å²) in [6, 6.07) is 17.6. The summed E-state index contributed by atoms with van der Waals surface area (Å²) >= 11 is 1.29. The molecule has 3 aromatic rings. The van der Waals surface area contributed by atoms with Crippen molar-refractivity contribution >= 4 is 17.7 Å². The minimum atomic E-state index is -0.439. The highest BCUT2D eigenvalue weighted by atomic mass is 32.2. The normalized spacial score (nSPS) is 15.4. The van der Waals surface area contributed by atoms with Crippen molar-refractivity contribution in [3.05, 3.63) is 65.7 Å². The first-order valence-corrected chi connectivity index (χ1v) is 10.1. The number of morpholine rings is 1. The molecule has 6 nitrogen and oxygen atoms in total. The minimum absolute atomic E-state index is 0.0367. The van der Waals surface area contributed by atoms with E-state index in [4.69, 9.17) is 9.15 Å². The van der Waals surface area contributed by atoms with E-state index >= 15 is 0 Å². The number of carbonyl (C=O) groups excluding carboxylic acids is 1. The Balaban J connectivity index is 1.57. The van der Waals surface area contributed by atoms with Crippen molar-refractivity contribution < 1.29 is 13.9 Å². The number of rotatable bonds is 5. The fraction of sp³-hybridized carbons (Fsp3) is 0.286. The highest BCUT2D eigenvalue weighted by Gasteiger charge is 2.30. The van der Waals surface area contributed by atoms with E-state index in [0.29, 0.717) is 37.4 Å². The van der Waals surface area contributed by atoms with Crippen LogP contribution in [0.25, 0.3) is 11.5 Å². The van der Waals surface area contributed by atoms with Crippen molar-refractivity contribution in [3.63, 3.8) is 0 Å². The Kier molecular flexibility index (Phi) is 5.73. The van der Waals surface area contributed by atoms with Gasteiger partial charge >= 0.3 is 0 Å². The van der Waals surface area contributed by atoms with Crippen LogP contribution in [0.1, 0.15) is 16.4 Å². The summed E-state index contributed by atoms with van der Waals surface area (Å²) in [5.41, 5.74) is 2.94. The molecule has 0 aliphatic carbocycles. The number of amides is 1. The summed E-state index contributed by atoms with van der Waals surface area (Å²) in [5.74, 6) is 0.489. The number of thioether (sulfide) groups is 1. The maximum Gasteiger partial charge on any atom is 0.277 e. The lowest BCUT2D eigenvalue weighted by Gasteiger charge is -2.29. The second-order valence-electron chi connectivity index (χ2n) is 6.59. The van der Waals surface area contributed by atoms with Crippen LogP contribution in [-0.4, -0.2) is 47.3 Å². The summed E-state index contributed by atoms with van der Waals surface area (Å²) in [6.07, 6.45) is 0. The van der Waals surface area contributed by atoms with Crippen LogP contribution in [0.2, 0.25) is 0 Å². The Morgan fingerprint density at radius 1 is 1.04 bits per heavy atom. The van der Waals surface area contributed by atoms with Gasteiger partial charge in [-0.05, 0) is 36.4 Å². The van der Waals surface area contributed by atoms with Crippen LogP contribution in [0.4, 0.5) is 0 Å². The molecule has 1 amide bonds. The highest BCUT2D eigenvalue weighted by molar-refractivity contribution is 8.00. The number of hydrogen-bond acceptors (Lipinski definition) is 6. The van der Waals surface area contributed by atoms with Gasteiger partial charge in [-0.2, -0.15) is 0 Å². The highest BCUT2D eigenvalue weighted by Crippen LogP contribution is 2.37. The first-order chi connectivity index (χ1) is 13.7. The lowest BCUT2D eigenvalue weighted by molar-refractivity contribution is -0.134. The number of hydrogen-bond donors (Lipinski definition) is 0. The first kappa shape index (κ1) is 18.7. The van der Waals surface area contributed by atoms with Crippen LogP contribution < -0.4 is 0 Å². The van der Waals surface area contributed by atoms with E-state index in [9.17, 15) is 4.79 Å². The standard InChI is InChI=1S/C21H21N3O3S/c1-15-7-9-17(10-8-15)19-22-23-21(27-19)28-18(16-5-3-2-4-6-16)20(25)24-11-13-26-14-12-24/h2-10,18H,11-14H2,1H3/t18-/m1/s1. The topological polar surface area (TPSA) is 68.5 Å². The Labute approximate surface area is 167 Å². The maximum atomic E-state index is 13.2. The van der Waals surface area contributed by atoms with Gasteiger partial charge in [0.1, 0.15) is 5.25 Å². The van der Waals surface area contributed by atoms with Gasteiger partial charge < -0.3 is 14.1 Å². The van der Waals surface area contributed by atoms with Gasteiger partial charge in [-0.15, -0.1) is 10.2 Å². The number of aromatic nitrogens is 2. The minimum Gasteiger partial charge on any atom is -0.411 e.